The topological polar surface area (TPSA) is 110 Å². The SMILES string of the molecule is COc1ncccc1CNC(=O)c1cc2cccc([N+](=O)[O-])c2[nH]1. The molecule has 1 amide bonds. The number of hydrogen-bond acceptors (Lipinski definition) is 5. The van der Waals surface area contributed by atoms with E-state index < -0.39 is 4.92 Å². The van der Waals surface area contributed by atoms with Gasteiger partial charge in [0.1, 0.15) is 11.2 Å². The van der Waals surface area contributed by atoms with Gasteiger partial charge in [0.2, 0.25) is 5.88 Å². The van der Waals surface area contributed by atoms with Crippen LogP contribution in [0, 0.1) is 10.1 Å². The van der Waals surface area contributed by atoms with Crippen molar-refractivity contribution in [2.45, 2.75) is 6.54 Å². The van der Waals surface area contributed by atoms with Gasteiger partial charge in [-0.15, -0.1) is 0 Å². The van der Waals surface area contributed by atoms with Crippen molar-refractivity contribution in [2.24, 2.45) is 0 Å². The zero-order valence-electron chi connectivity index (χ0n) is 12.8. The lowest BCUT2D eigenvalue weighted by Gasteiger charge is -2.07. The molecule has 0 unspecified atom stereocenters. The number of aromatic amines is 1. The minimum absolute atomic E-state index is 0.0690. The summed E-state index contributed by atoms with van der Waals surface area (Å²) in [6, 6.07) is 9.80. The quantitative estimate of drug-likeness (QED) is 0.552. The Morgan fingerprint density at radius 2 is 2.21 bits per heavy atom. The third-order valence-electron chi connectivity index (χ3n) is 3.56. The van der Waals surface area contributed by atoms with E-state index >= 15 is 0 Å². The molecule has 0 atom stereocenters. The van der Waals surface area contributed by atoms with E-state index in [1.165, 1.54) is 13.2 Å². The lowest BCUT2D eigenvalue weighted by molar-refractivity contribution is -0.383. The molecule has 0 fully saturated rings. The molecule has 0 aliphatic rings. The van der Waals surface area contributed by atoms with Crippen molar-refractivity contribution in [3.05, 3.63) is 64.0 Å². The van der Waals surface area contributed by atoms with Crippen LogP contribution in [0.2, 0.25) is 0 Å². The monoisotopic (exact) mass is 326 g/mol. The van der Waals surface area contributed by atoms with Gasteiger partial charge in [0.05, 0.1) is 12.0 Å². The second-order valence-corrected chi connectivity index (χ2v) is 5.04. The number of para-hydroxylation sites is 1. The maximum Gasteiger partial charge on any atom is 0.293 e. The standard InChI is InChI=1S/C16H14N4O4/c1-24-16-11(5-3-7-17-16)9-18-15(21)12-8-10-4-2-6-13(20(22)23)14(10)19-12/h2-8,19H,9H2,1H3,(H,18,21). The highest BCUT2D eigenvalue weighted by atomic mass is 16.6. The molecule has 8 heteroatoms. The van der Waals surface area contributed by atoms with Crippen LogP contribution in [0.25, 0.3) is 10.9 Å². The van der Waals surface area contributed by atoms with Gasteiger partial charge in [-0.1, -0.05) is 18.2 Å². The predicted octanol–water partition coefficient (Wildman–Crippen LogP) is 2.41. The van der Waals surface area contributed by atoms with Crippen LogP contribution in [0.4, 0.5) is 5.69 Å². The number of ether oxygens (including phenoxy) is 1. The lowest BCUT2D eigenvalue weighted by Crippen LogP contribution is -2.23. The summed E-state index contributed by atoms with van der Waals surface area (Å²) in [5.41, 5.74) is 1.24. The Morgan fingerprint density at radius 1 is 1.38 bits per heavy atom. The number of pyridine rings is 1. The molecule has 0 radical (unpaired) electrons. The molecular weight excluding hydrogens is 312 g/mol. The van der Waals surface area contributed by atoms with E-state index in [0.29, 0.717) is 16.8 Å². The van der Waals surface area contributed by atoms with Crippen molar-refractivity contribution in [2.75, 3.05) is 7.11 Å². The average Bonchev–Trinajstić information content (AvgIpc) is 3.03. The Balaban J connectivity index is 1.82. The molecule has 1 aromatic carbocycles. The van der Waals surface area contributed by atoms with Crippen molar-refractivity contribution in [3.8, 4) is 5.88 Å². The summed E-state index contributed by atoms with van der Waals surface area (Å²) < 4.78 is 5.13. The van der Waals surface area contributed by atoms with Crippen LogP contribution in [0.3, 0.4) is 0 Å². The zero-order valence-corrected chi connectivity index (χ0v) is 12.8. The second-order valence-electron chi connectivity index (χ2n) is 5.04. The van der Waals surface area contributed by atoms with Crippen molar-refractivity contribution < 1.29 is 14.5 Å². The van der Waals surface area contributed by atoms with Gasteiger partial charge in [-0.2, -0.15) is 0 Å². The summed E-state index contributed by atoms with van der Waals surface area (Å²) in [5.74, 6) is 0.0662. The van der Waals surface area contributed by atoms with Crippen LogP contribution in [-0.4, -0.2) is 27.9 Å². The number of benzene rings is 1. The molecule has 3 rings (SSSR count). The molecule has 2 N–H and O–H groups in total. The number of nitro benzene ring substituents is 1. The maximum absolute atomic E-state index is 12.3. The Labute approximate surface area is 136 Å². The van der Waals surface area contributed by atoms with E-state index in [2.05, 4.69) is 15.3 Å². The Kier molecular flexibility index (Phi) is 4.11. The van der Waals surface area contributed by atoms with Gasteiger partial charge in [-0.25, -0.2) is 4.98 Å². The second kappa shape index (κ2) is 6.37. The van der Waals surface area contributed by atoms with Gasteiger partial charge in [0.25, 0.3) is 11.6 Å². The zero-order chi connectivity index (χ0) is 17.1. The molecule has 0 bridgehead atoms. The minimum atomic E-state index is -0.485. The number of carbonyl (C=O) groups is 1. The number of fused-ring (bicyclic) bond motifs is 1. The first kappa shape index (κ1) is 15.5. The van der Waals surface area contributed by atoms with Crippen LogP contribution < -0.4 is 10.1 Å². The number of methoxy groups -OCH3 is 1. The van der Waals surface area contributed by atoms with Gasteiger partial charge in [-0.3, -0.25) is 14.9 Å². The largest absolute Gasteiger partial charge is 0.481 e. The fourth-order valence-electron chi connectivity index (χ4n) is 2.43. The number of H-pyrrole nitrogens is 1. The summed E-state index contributed by atoms with van der Waals surface area (Å²) in [6.45, 7) is 0.229. The third-order valence-corrected chi connectivity index (χ3v) is 3.56. The fourth-order valence-corrected chi connectivity index (χ4v) is 2.43. The summed E-state index contributed by atoms with van der Waals surface area (Å²) in [5, 5.41) is 14.4. The summed E-state index contributed by atoms with van der Waals surface area (Å²) >= 11 is 0. The van der Waals surface area contributed by atoms with Crippen molar-refractivity contribution >= 4 is 22.5 Å². The van der Waals surface area contributed by atoms with Gasteiger partial charge < -0.3 is 15.0 Å². The maximum atomic E-state index is 12.3. The minimum Gasteiger partial charge on any atom is -0.481 e. The number of non-ortho nitro benzene ring substituents is 1. The van der Waals surface area contributed by atoms with Gasteiger partial charge in [-0.05, 0) is 12.1 Å². The fraction of sp³-hybridized carbons (Fsp3) is 0.125. The number of carbonyl (C=O) groups excluding carboxylic acids is 1. The first-order valence-corrected chi connectivity index (χ1v) is 7.12. The number of nitrogens with one attached hydrogen (secondary N) is 2. The number of nitrogens with zero attached hydrogens (tertiary/aromatic N) is 2. The van der Waals surface area contributed by atoms with E-state index in [0.717, 1.165) is 5.56 Å². The summed E-state index contributed by atoms with van der Waals surface area (Å²) in [6.07, 6.45) is 1.60. The van der Waals surface area contributed by atoms with E-state index in [1.807, 2.05) is 0 Å². The molecule has 122 valence electrons. The highest BCUT2D eigenvalue weighted by molar-refractivity contribution is 6.00. The van der Waals surface area contributed by atoms with Crippen LogP contribution in [0.1, 0.15) is 16.1 Å². The number of amides is 1. The van der Waals surface area contributed by atoms with Crippen molar-refractivity contribution in [3.63, 3.8) is 0 Å². The number of rotatable bonds is 5. The van der Waals surface area contributed by atoms with Crippen molar-refractivity contribution in [1.29, 1.82) is 0 Å². The number of nitro groups is 1. The summed E-state index contributed by atoms with van der Waals surface area (Å²) in [7, 11) is 1.50. The van der Waals surface area contributed by atoms with Gasteiger partial charge in [0.15, 0.2) is 0 Å². The van der Waals surface area contributed by atoms with E-state index in [4.69, 9.17) is 4.74 Å². The van der Waals surface area contributed by atoms with Crippen LogP contribution in [0.15, 0.2) is 42.6 Å². The lowest BCUT2D eigenvalue weighted by atomic mass is 10.2. The molecular formula is C16H14N4O4. The van der Waals surface area contributed by atoms with Crippen LogP contribution >= 0.6 is 0 Å². The molecule has 3 aromatic rings. The molecule has 0 saturated carbocycles. The Bertz CT molecular complexity index is 919. The van der Waals surface area contributed by atoms with Crippen molar-refractivity contribution in [1.82, 2.24) is 15.3 Å². The van der Waals surface area contributed by atoms with E-state index in [9.17, 15) is 14.9 Å². The predicted molar refractivity (Wildman–Crippen MR) is 86.9 cm³/mol. The molecule has 24 heavy (non-hydrogen) atoms. The number of aromatic nitrogens is 2. The Hall–Kier alpha value is -3.42. The molecule has 0 saturated heterocycles. The smallest absolute Gasteiger partial charge is 0.293 e. The van der Waals surface area contributed by atoms with E-state index in [1.54, 1.807) is 36.5 Å². The highest BCUT2D eigenvalue weighted by Gasteiger charge is 2.17. The normalized spacial score (nSPS) is 10.5. The van der Waals surface area contributed by atoms with Crippen LogP contribution in [-0.2, 0) is 6.54 Å². The molecule has 0 aliphatic carbocycles. The molecule has 0 aliphatic heterocycles. The molecule has 8 nitrogen and oxygen atoms in total. The van der Waals surface area contributed by atoms with Gasteiger partial charge in [0, 0.05) is 29.8 Å². The van der Waals surface area contributed by atoms with Crippen LogP contribution in [0.5, 0.6) is 5.88 Å². The first-order valence-electron chi connectivity index (χ1n) is 7.12. The molecule has 0 spiro atoms. The third kappa shape index (κ3) is 2.89. The molecule has 2 aromatic heterocycles. The average molecular weight is 326 g/mol. The molecule has 2 heterocycles. The van der Waals surface area contributed by atoms with E-state index in [-0.39, 0.29) is 23.8 Å². The first-order chi connectivity index (χ1) is 11.6. The Morgan fingerprint density at radius 3 is 2.96 bits per heavy atom. The van der Waals surface area contributed by atoms with Gasteiger partial charge >= 0.3 is 0 Å². The number of hydrogen-bond donors (Lipinski definition) is 2. The summed E-state index contributed by atoms with van der Waals surface area (Å²) in [4.78, 5) is 29.7. The highest BCUT2D eigenvalue weighted by Crippen LogP contribution is 2.25.